The van der Waals surface area contributed by atoms with Crippen LogP contribution in [0.4, 0.5) is 17.1 Å². The molecule has 0 unspecified atom stereocenters. The minimum atomic E-state index is 0.868. The zero-order valence-corrected chi connectivity index (χ0v) is 32.8. The molecule has 59 heavy (non-hydrogen) atoms. The molecule has 0 bridgehead atoms. The zero-order chi connectivity index (χ0) is 38.9. The van der Waals surface area contributed by atoms with Crippen molar-refractivity contribution in [1.82, 2.24) is 0 Å². The molecule has 12 aromatic rings. The third-order valence-electron chi connectivity index (χ3n) is 11.8. The molecule has 3 heteroatoms. The van der Waals surface area contributed by atoms with Crippen LogP contribution in [0.5, 0.6) is 0 Å². The first-order valence-corrected chi connectivity index (χ1v) is 20.9. The molecule has 276 valence electrons. The Morgan fingerprint density at radius 2 is 0.983 bits per heavy atom. The van der Waals surface area contributed by atoms with E-state index in [1.165, 1.54) is 64.0 Å². The maximum absolute atomic E-state index is 6.87. The Bertz CT molecular complexity index is 3540. The lowest BCUT2D eigenvalue weighted by Gasteiger charge is -2.26. The smallest absolute Gasteiger partial charge is 0.143 e. The molecule has 0 atom stereocenters. The van der Waals surface area contributed by atoms with Gasteiger partial charge in [0.25, 0.3) is 0 Å². The quantitative estimate of drug-likeness (QED) is 0.167. The van der Waals surface area contributed by atoms with E-state index in [-0.39, 0.29) is 0 Å². The fourth-order valence-corrected chi connectivity index (χ4v) is 10.2. The normalized spacial score (nSPS) is 11.7. The minimum absolute atomic E-state index is 0.868. The molecule has 0 fully saturated rings. The molecule has 0 radical (unpaired) electrons. The molecule has 0 saturated heterocycles. The summed E-state index contributed by atoms with van der Waals surface area (Å²) in [5, 5.41) is 9.63. The second-order valence-corrected chi connectivity index (χ2v) is 16.3. The SMILES string of the molecule is c1ccc(-c2ccc(N(c3ccc(-c4cccc5c4sc4ccccc45)cc3)c3ccc4oc5c(-c6ccc7ccccc7c6)c6ccccc6cc5c4c3)cc2)cc1. The lowest BCUT2D eigenvalue weighted by atomic mass is 9.93. The molecule has 2 nitrogen and oxygen atoms in total. The first kappa shape index (κ1) is 33.7. The van der Waals surface area contributed by atoms with E-state index < -0.39 is 0 Å². The molecule has 2 heterocycles. The van der Waals surface area contributed by atoms with E-state index in [2.05, 4.69) is 217 Å². The Morgan fingerprint density at radius 1 is 0.356 bits per heavy atom. The van der Waals surface area contributed by atoms with Gasteiger partial charge in [0.1, 0.15) is 11.2 Å². The summed E-state index contributed by atoms with van der Waals surface area (Å²) in [6, 6.07) is 76.8. The van der Waals surface area contributed by atoms with E-state index in [1.807, 2.05) is 11.3 Å². The highest BCUT2D eigenvalue weighted by molar-refractivity contribution is 7.26. The van der Waals surface area contributed by atoms with Crippen molar-refractivity contribution in [2.75, 3.05) is 4.90 Å². The predicted molar refractivity (Wildman–Crippen MR) is 253 cm³/mol. The predicted octanol–water partition coefficient (Wildman–Crippen LogP) is 16.7. The van der Waals surface area contributed by atoms with E-state index >= 15 is 0 Å². The van der Waals surface area contributed by atoms with Gasteiger partial charge in [0.15, 0.2) is 0 Å². The van der Waals surface area contributed by atoms with Gasteiger partial charge in [0.05, 0.1) is 0 Å². The van der Waals surface area contributed by atoms with Crippen molar-refractivity contribution < 1.29 is 4.42 Å². The van der Waals surface area contributed by atoms with Crippen LogP contribution in [0.25, 0.3) is 97.0 Å². The number of fused-ring (bicyclic) bond motifs is 8. The van der Waals surface area contributed by atoms with Gasteiger partial charge >= 0.3 is 0 Å². The summed E-state index contributed by atoms with van der Waals surface area (Å²) in [6.07, 6.45) is 0. The molecule has 12 rings (SSSR count). The van der Waals surface area contributed by atoms with Gasteiger partial charge in [-0.25, -0.2) is 0 Å². The summed E-state index contributed by atoms with van der Waals surface area (Å²) < 4.78 is 9.51. The first-order chi connectivity index (χ1) is 29.2. The van der Waals surface area contributed by atoms with Crippen molar-refractivity contribution >= 4 is 92.1 Å². The molecule has 0 aliphatic heterocycles. The van der Waals surface area contributed by atoms with Gasteiger partial charge in [-0.1, -0.05) is 152 Å². The largest absolute Gasteiger partial charge is 0.455 e. The number of benzene rings is 10. The molecule has 0 aliphatic carbocycles. The van der Waals surface area contributed by atoms with Gasteiger partial charge in [-0.05, 0) is 110 Å². The molecule has 0 amide bonds. The van der Waals surface area contributed by atoms with Gasteiger partial charge in [-0.15, -0.1) is 11.3 Å². The number of rotatable bonds is 6. The van der Waals surface area contributed by atoms with Crippen molar-refractivity contribution in [1.29, 1.82) is 0 Å². The summed E-state index contributed by atoms with van der Waals surface area (Å²) in [5.41, 5.74) is 12.1. The second kappa shape index (κ2) is 13.6. The van der Waals surface area contributed by atoms with Crippen LogP contribution in [0.1, 0.15) is 0 Å². The number of hydrogen-bond acceptors (Lipinski definition) is 3. The van der Waals surface area contributed by atoms with E-state index in [4.69, 9.17) is 4.42 Å². The summed E-state index contributed by atoms with van der Waals surface area (Å²) in [4.78, 5) is 2.36. The fraction of sp³-hybridized carbons (Fsp3) is 0. The number of hydrogen-bond donors (Lipinski definition) is 0. The Labute approximate surface area is 345 Å². The van der Waals surface area contributed by atoms with Crippen molar-refractivity contribution in [3.63, 3.8) is 0 Å². The molecule has 0 saturated carbocycles. The van der Waals surface area contributed by atoms with E-state index in [0.717, 1.165) is 50.1 Å². The third kappa shape index (κ3) is 5.62. The van der Waals surface area contributed by atoms with Crippen molar-refractivity contribution in [2.45, 2.75) is 0 Å². The van der Waals surface area contributed by atoms with Crippen LogP contribution in [-0.2, 0) is 0 Å². The van der Waals surface area contributed by atoms with E-state index in [0.29, 0.717) is 0 Å². The summed E-state index contributed by atoms with van der Waals surface area (Å²) >= 11 is 1.87. The highest BCUT2D eigenvalue weighted by Crippen LogP contribution is 2.45. The second-order valence-electron chi connectivity index (χ2n) is 15.3. The number of nitrogens with zero attached hydrogens (tertiary/aromatic N) is 1. The molecule has 10 aromatic carbocycles. The van der Waals surface area contributed by atoms with Crippen molar-refractivity contribution in [3.8, 4) is 33.4 Å². The highest BCUT2D eigenvalue weighted by atomic mass is 32.1. The maximum atomic E-state index is 6.87. The van der Waals surface area contributed by atoms with Gasteiger partial charge in [0.2, 0.25) is 0 Å². The van der Waals surface area contributed by atoms with Crippen LogP contribution in [0.2, 0.25) is 0 Å². The molecular formula is C56H35NOS. The number of thiophene rings is 1. The minimum Gasteiger partial charge on any atom is -0.455 e. The lowest BCUT2D eigenvalue weighted by Crippen LogP contribution is -2.09. The van der Waals surface area contributed by atoms with Crippen LogP contribution in [0.15, 0.2) is 217 Å². The van der Waals surface area contributed by atoms with E-state index in [1.54, 1.807) is 0 Å². The van der Waals surface area contributed by atoms with Gasteiger partial charge in [0, 0.05) is 53.6 Å². The van der Waals surface area contributed by atoms with Crippen molar-refractivity contribution in [2.24, 2.45) is 0 Å². The van der Waals surface area contributed by atoms with Gasteiger partial charge in [-0.3, -0.25) is 0 Å². The molecule has 2 aromatic heterocycles. The van der Waals surface area contributed by atoms with Crippen LogP contribution < -0.4 is 4.90 Å². The fourth-order valence-electron chi connectivity index (χ4n) is 8.98. The van der Waals surface area contributed by atoms with Crippen LogP contribution in [0.3, 0.4) is 0 Å². The zero-order valence-electron chi connectivity index (χ0n) is 32.0. The number of anilines is 3. The standard InChI is InChI=1S/C56H35NOS/c1-2-11-36(12-3-1)38-23-27-43(28-24-38)57(44-29-25-39(26-30-44)47-18-10-19-49-48-17-8-9-20-53(48)59-56(47)49)45-31-32-52-50(35-45)51-34-41-15-6-7-16-46(41)54(55(51)58-52)42-22-21-37-13-4-5-14-40(37)33-42/h1-35H. The van der Waals surface area contributed by atoms with E-state index in [9.17, 15) is 0 Å². The molecule has 0 N–H and O–H groups in total. The maximum Gasteiger partial charge on any atom is 0.143 e. The van der Waals surface area contributed by atoms with Crippen molar-refractivity contribution in [3.05, 3.63) is 212 Å². The molecule has 0 spiro atoms. The highest BCUT2D eigenvalue weighted by Gasteiger charge is 2.20. The first-order valence-electron chi connectivity index (χ1n) is 20.1. The summed E-state index contributed by atoms with van der Waals surface area (Å²) in [6.45, 7) is 0. The Balaban J connectivity index is 1.02. The molecule has 0 aliphatic rings. The Hall–Kier alpha value is -7.46. The van der Waals surface area contributed by atoms with Crippen LogP contribution >= 0.6 is 11.3 Å². The Morgan fingerprint density at radius 3 is 1.80 bits per heavy atom. The molecular weight excluding hydrogens is 735 g/mol. The monoisotopic (exact) mass is 769 g/mol. The topological polar surface area (TPSA) is 16.4 Å². The van der Waals surface area contributed by atoms with Crippen LogP contribution in [-0.4, -0.2) is 0 Å². The van der Waals surface area contributed by atoms with Gasteiger partial charge in [-0.2, -0.15) is 0 Å². The summed E-state index contributed by atoms with van der Waals surface area (Å²) in [5.74, 6) is 0. The number of furan rings is 1. The third-order valence-corrected chi connectivity index (χ3v) is 13.1. The average Bonchev–Trinajstić information content (AvgIpc) is 3.87. The average molecular weight is 770 g/mol. The Kier molecular flexibility index (Phi) is 7.75. The van der Waals surface area contributed by atoms with Gasteiger partial charge < -0.3 is 9.32 Å². The lowest BCUT2D eigenvalue weighted by molar-refractivity contribution is 0.670. The van der Waals surface area contributed by atoms with Crippen LogP contribution in [0, 0.1) is 0 Å². The summed E-state index contributed by atoms with van der Waals surface area (Å²) in [7, 11) is 0.